The van der Waals surface area contributed by atoms with Crippen LogP contribution < -0.4 is 4.90 Å². The Labute approximate surface area is 350 Å². The molecular formula is C58H40N2. The summed E-state index contributed by atoms with van der Waals surface area (Å²) in [5.41, 5.74) is 16.2. The van der Waals surface area contributed by atoms with Gasteiger partial charge in [0.05, 0.1) is 16.7 Å². The predicted octanol–water partition coefficient (Wildman–Crippen LogP) is 16.1. The number of anilines is 3. The first-order valence-electron chi connectivity index (χ1n) is 20.6. The second kappa shape index (κ2) is 15.1. The molecule has 0 atom stereocenters. The van der Waals surface area contributed by atoms with Gasteiger partial charge in [0.15, 0.2) is 0 Å². The Morgan fingerprint density at radius 1 is 0.283 bits per heavy atom. The summed E-state index contributed by atoms with van der Waals surface area (Å²) < 4.78 is 2.40. The lowest BCUT2D eigenvalue weighted by Crippen LogP contribution is -2.12. The number of nitrogens with zero attached hydrogens (tertiary/aromatic N) is 2. The van der Waals surface area contributed by atoms with E-state index >= 15 is 0 Å². The second-order valence-electron chi connectivity index (χ2n) is 15.4. The van der Waals surface area contributed by atoms with Gasteiger partial charge < -0.3 is 9.47 Å². The summed E-state index contributed by atoms with van der Waals surface area (Å²) in [4.78, 5) is 2.44. The van der Waals surface area contributed by atoms with E-state index in [0.717, 1.165) is 39.4 Å². The van der Waals surface area contributed by atoms with E-state index < -0.39 is 0 Å². The summed E-state index contributed by atoms with van der Waals surface area (Å²) in [5.74, 6) is 0. The van der Waals surface area contributed by atoms with Crippen molar-refractivity contribution in [2.75, 3.05) is 4.90 Å². The number of hydrogen-bond acceptors (Lipinski definition) is 1. The van der Waals surface area contributed by atoms with Gasteiger partial charge >= 0.3 is 0 Å². The highest BCUT2D eigenvalue weighted by Gasteiger charge is 2.21. The van der Waals surface area contributed by atoms with Crippen LogP contribution in [0.2, 0.25) is 0 Å². The van der Waals surface area contributed by atoms with Crippen LogP contribution in [0.15, 0.2) is 243 Å². The van der Waals surface area contributed by atoms with E-state index in [0.29, 0.717) is 0 Å². The molecule has 10 aromatic carbocycles. The van der Waals surface area contributed by atoms with Gasteiger partial charge in [-0.15, -0.1) is 0 Å². The van der Waals surface area contributed by atoms with Gasteiger partial charge in [-0.05, 0) is 104 Å². The van der Waals surface area contributed by atoms with Crippen molar-refractivity contribution in [3.63, 3.8) is 0 Å². The maximum Gasteiger partial charge on any atom is 0.0546 e. The zero-order valence-corrected chi connectivity index (χ0v) is 33.0. The van der Waals surface area contributed by atoms with E-state index in [1.807, 2.05) is 0 Å². The van der Waals surface area contributed by atoms with Crippen LogP contribution in [0.4, 0.5) is 17.1 Å². The number of para-hydroxylation sites is 2. The van der Waals surface area contributed by atoms with Gasteiger partial charge in [-0.2, -0.15) is 0 Å². The van der Waals surface area contributed by atoms with E-state index in [1.54, 1.807) is 0 Å². The van der Waals surface area contributed by atoms with Gasteiger partial charge in [-0.3, -0.25) is 0 Å². The third-order valence-corrected chi connectivity index (χ3v) is 11.8. The summed E-state index contributed by atoms with van der Waals surface area (Å²) >= 11 is 0. The lowest BCUT2D eigenvalue weighted by atomic mass is 9.95. The Balaban J connectivity index is 1.10. The second-order valence-corrected chi connectivity index (χ2v) is 15.4. The summed E-state index contributed by atoms with van der Waals surface area (Å²) in [6.07, 6.45) is 0. The molecule has 0 aliphatic rings. The molecule has 0 bridgehead atoms. The van der Waals surface area contributed by atoms with Crippen LogP contribution in [0.3, 0.4) is 0 Å². The molecule has 11 rings (SSSR count). The normalized spacial score (nSPS) is 11.3. The first-order valence-corrected chi connectivity index (χ1v) is 20.6. The quantitative estimate of drug-likeness (QED) is 0.150. The maximum atomic E-state index is 2.44. The molecule has 0 spiro atoms. The van der Waals surface area contributed by atoms with Crippen LogP contribution in [0.25, 0.3) is 82.8 Å². The molecule has 2 heteroatoms. The van der Waals surface area contributed by atoms with E-state index in [1.165, 1.54) is 60.4 Å². The lowest BCUT2D eigenvalue weighted by Gasteiger charge is -2.29. The summed E-state index contributed by atoms with van der Waals surface area (Å²) in [7, 11) is 0. The zero-order valence-electron chi connectivity index (χ0n) is 33.0. The summed E-state index contributed by atoms with van der Waals surface area (Å²) in [5, 5.41) is 4.96. The van der Waals surface area contributed by atoms with Crippen LogP contribution in [0.1, 0.15) is 0 Å². The predicted molar refractivity (Wildman–Crippen MR) is 255 cm³/mol. The molecular weight excluding hydrogens is 725 g/mol. The van der Waals surface area contributed by atoms with Gasteiger partial charge in [0, 0.05) is 33.4 Å². The summed E-state index contributed by atoms with van der Waals surface area (Å²) in [6.45, 7) is 0. The lowest BCUT2D eigenvalue weighted by molar-refractivity contribution is 1.17. The van der Waals surface area contributed by atoms with Gasteiger partial charge in [0.25, 0.3) is 0 Å². The Bertz CT molecular complexity index is 3240. The number of aromatic nitrogens is 1. The fraction of sp³-hybridized carbons (Fsp3) is 0. The third-order valence-electron chi connectivity index (χ3n) is 11.8. The van der Waals surface area contributed by atoms with Gasteiger partial charge in [-0.25, -0.2) is 0 Å². The molecule has 0 saturated carbocycles. The monoisotopic (exact) mass is 764 g/mol. The molecule has 0 unspecified atom stereocenters. The molecule has 1 aromatic heterocycles. The van der Waals surface area contributed by atoms with E-state index in [2.05, 4.69) is 252 Å². The number of benzene rings is 10. The van der Waals surface area contributed by atoms with Crippen molar-refractivity contribution in [2.45, 2.75) is 0 Å². The number of hydrogen-bond donors (Lipinski definition) is 0. The van der Waals surface area contributed by atoms with Crippen LogP contribution in [-0.2, 0) is 0 Å². The maximum absolute atomic E-state index is 2.44. The molecule has 0 amide bonds. The van der Waals surface area contributed by atoms with Crippen LogP contribution in [0.5, 0.6) is 0 Å². The topological polar surface area (TPSA) is 8.17 Å². The van der Waals surface area contributed by atoms with Crippen molar-refractivity contribution in [1.29, 1.82) is 0 Å². The average Bonchev–Trinajstić information content (AvgIpc) is 3.67. The highest BCUT2D eigenvalue weighted by atomic mass is 15.1. The van der Waals surface area contributed by atoms with Crippen molar-refractivity contribution in [1.82, 2.24) is 4.57 Å². The van der Waals surface area contributed by atoms with E-state index in [4.69, 9.17) is 0 Å². The molecule has 0 saturated heterocycles. The Hall–Kier alpha value is -7.94. The van der Waals surface area contributed by atoms with Crippen LogP contribution in [0, 0.1) is 0 Å². The van der Waals surface area contributed by atoms with Gasteiger partial charge in [-0.1, -0.05) is 188 Å². The van der Waals surface area contributed by atoms with Crippen molar-refractivity contribution in [3.05, 3.63) is 243 Å². The Kier molecular flexibility index (Phi) is 8.87. The van der Waals surface area contributed by atoms with Crippen molar-refractivity contribution in [2.24, 2.45) is 0 Å². The number of rotatable bonds is 8. The highest BCUT2D eigenvalue weighted by Crippen LogP contribution is 2.44. The molecule has 0 N–H and O–H groups in total. The van der Waals surface area contributed by atoms with E-state index in [-0.39, 0.29) is 0 Å². The number of fused-ring (bicyclic) bond motifs is 4. The van der Waals surface area contributed by atoms with Crippen LogP contribution in [-0.4, -0.2) is 4.57 Å². The van der Waals surface area contributed by atoms with Gasteiger partial charge in [0.2, 0.25) is 0 Å². The minimum absolute atomic E-state index is 1.07. The minimum atomic E-state index is 1.07. The fourth-order valence-electron chi connectivity index (χ4n) is 8.81. The average molecular weight is 765 g/mol. The first-order chi connectivity index (χ1) is 29.7. The zero-order chi connectivity index (χ0) is 39.8. The molecule has 1 heterocycles. The smallest absolute Gasteiger partial charge is 0.0546 e. The SMILES string of the molecule is c1ccc(-c2ccc(-c3ccc(N(c4cccc(-n5c6ccccc6c6ccccc65)c4)c4cc(-c5ccc6ccccc6c5)ccc4-c4ccccc4)cc3)cc2)cc1. The Morgan fingerprint density at radius 2 is 0.783 bits per heavy atom. The molecule has 0 fully saturated rings. The van der Waals surface area contributed by atoms with Crippen molar-refractivity contribution >= 4 is 49.6 Å². The fourth-order valence-corrected chi connectivity index (χ4v) is 8.81. The Morgan fingerprint density at radius 3 is 1.45 bits per heavy atom. The van der Waals surface area contributed by atoms with Crippen molar-refractivity contribution in [3.8, 4) is 50.2 Å². The first kappa shape index (κ1) is 35.2. The van der Waals surface area contributed by atoms with Crippen LogP contribution >= 0.6 is 0 Å². The van der Waals surface area contributed by atoms with Crippen molar-refractivity contribution < 1.29 is 0 Å². The largest absolute Gasteiger partial charge is 0.310 e. The van der Waals surface area contributed by atoms with Gasteiger partial charge in [0.1, 0.15) is 0 Å². The minimum Gasteiger partial charge on any atom is -0.310 e. The highest BCUT2D eigenvalue weighted by molar-refractivity contribution is 6.09. The molecule has 60 heavy (non-hydrogen) atoms. The standard InChI is InChI=1S/C58H40N2/c1-3-14-41(15-4-1)43-26-28-44(29-27-43)45-32-35-50(36-33-45)59(51-20-13-21-52(40-51)60-56-24-11-9-22-54(56)55-23-10-12-25-57(55)60)58-39-49(34-37-53(58)46-17-5-2-6-18-46)48-31-30-42-16-7-8-19-47(42)38-48/h1-40H. The molecule has 11 aromatic rings. The molecule has 282 valence electrons. The third kappa shape index (κ3) is 6.41. The molecule has 0 aliphatic carbocycles. The molecule has 0 radical (unpaired) electrons. The molecule has 2 nitrogen and oxygen atoms in total. The summed E-state index contributed by atoms with van der Waals surface area (Å²) in [6, 6.07) is 88.0. The van der Waals surface area contributed by atoms with E-state index in [9.17, 15) is 0 Å². The molecule has 0 aliphatic heterocycles.